The number of hydrogen-bond acceptors (Lipinski definition) is 9. The van der Waals surface area contributed by atoms with E-state index < -0.39 is 10.0 Å². The van der Waals surface area contributed by atoms with E-state index in [1.807, 2.05) is 44.2 Å². The van der Waals surface area contributed by atoms with Crippen LogP contribution in [-0.4, -0.2) is 69.8 Å². The van der Waals surface area contributed by atoms with Gasteiger partial charge in [0.2, 0.25) is 10.0 Å². The number of nitrogens with zero attached hydrogens (tertiary/aromatic N) is 6. The maximum Gasteiger partial charge on any atom is 0.211 e. The SMILES string of the molecule is Cc1cc(-c2ccc3nc(Nc4cc(N5CCN(S(C)(=O)=O)C[C@H]5C)ccn4)sc3n2)n[nH]1. The van der Waals surface area contributed by atoms with Gasteiger partial charge in [0, 0.05) is 49.3 Å². The summed E-state index contributed by atoms with van der Waals surface area (Å²) in [5.74, 6) is 0.674. The van der Waals surface area contributed by atoms with Gasteiger partial charge in [-0.05, 0) is 38.1 Å². The number of fused-ring (bicyclic) bond motifs is 1. The number of rotatable bonds is 5. The van der Waals surface area contributed by atoms with Crippen molar-refractivity contribution in [1.29, 1.82) is 0 Å². The van der Waals surface area contributed by atoms with Crippen LogP contribution in [-0.2, 0) is 10.0 Å². The van der Waals surface area contributed by atoms with E-state index in [2.05, 4.69) is 30.4 Å². The molecule has 0 unspecified atom stereocenters. The van der Waals surface area contributed by atoms with Crippen molar-refractivity contribution in [2.24, 2.45) is 0 Å². The summed E-state index contributed by atoms with van der Waals surface area (Å²) in [6.07, 6.45) is 3.01. The average molecular weight is 485 g/mol. The molecule has 1 fully saturated rings. The summed E-state index contributed by atoms with van der Waals surface area (Å²) in [5, 5.41) is 11.2. The molecule has 33 heavy (non-hydrogen) atoms. The smallest absolute Gasteiger partial charge is 0.211 e. The second-order valence-corrected chi connectivity index (χ2v) is 11.1. The van der Waals surface area contributed by atoms with Crippen LogP contribution in [0.5, 0.6) is 0 Å². The molecular formula is C21H24N8O2S2. The monoisotopic (exact) mass is 484 g/mol. The molecule has 1 atom stereocenters. The molecule has 0 bridgehead atoms. The zero-order valence-electron chi connectivity index (χ0n) is 18.5. The lowest BCUT2D eigenvalue weighted by atomic mass is 10.2. The molecule has 1 saturated heterocycles. The van der Waals surface area contributed by atoms with E-state index in [9.17, 15) is 8.42 Å². The summed E-state index contributed by atoms with van der Waals surface area (Å²) in [4.78, 5) is 16.8. The van der Waals surface area contributed by atoms with Gasteiger partial charge in [0.1, 0.15) is 21.9 Å². The topological polar surface area (TPSA) is 120 Å². The molecule has 5 heterocycles. The van der Waals surface area contributed by atoms with Crippen molar-refractivity contribution in [1.82, 2.24) is 29.5 Å². The third-order valence-corrected chi connectivity index (χ3v) is 7.74. The summed E-state index contributed by atoms with van der Waals surface area (Å²) < 4.78 is 25.3. The Bertz CT molecular complexity index is 1410. The lowest BCUT2D eigenvalue weighted by molar-refractivity contribution is 0.345. The lowest BCUT2D eigenvalue weighted by Gasteiger charge is -2.40. The highest BCUT2D eigenvalue weighted by Crippen LogP contribution is 2.30. The Balaban J connectivity index is 1.34. The number of H-pyrrole nitrogens is 1. The molecule has 0 radical (unpaired) electrons. The molecule has 0 aliphatic carbocycles. The minimum atomic E-state index is -3.18. The molecule has 2 N–H and O–H groups in total. The van der Waals surface area contributed by atoms with Crippen molar-refractivity contribution < 1.29 is 8.42 Å². The quantitative estimate of drug-likeness (QED) is 0.444. The highest BCUT2D eigenvalue weighted by atomic mass is 32.2. The summed E-state index contributed by atoms with van der Waals surface area (Å²) in [7, 11) is -3.18. The molecule has 0 spiro atoms. The molecule has 1 aliphatic rings. The number of nitrogens with one attached hydrogen (secondary N) is 2. The third kappa shape index (κ3) is 4.54. The van der Waals surface area contributed by atoms with E-state index >= 15 is 0 Å². The van der Waals surface area contributed by atoms with E-state index in [0.29, 0.717) is 30.6 Å². The fourth-order valence-electron chi connectivity index (χ4n) is 3.95. The standard InChI is InChI=1S/C21H24N8O2S2/c1-13-10-18(27-26-13)16-4-5-17-20(23-16)32-21(24-17)25-19-11-15(6-7-22-19)29-9-8-28(12-14(29)2)33(3,30)31/h4-7,10-11,14H,8-9,12H2,1-3H3,(H,26,27)(H,22,24,25)/t14-/m1/s1. The number of aromatic amines is 1. The Hall–Kier alpha value is -3.09. The van der Waals surface area contributed by atoms with Crippen LogP contribution in [0.3, 0.4) is 0 Å². The van der Waals surface area contributed by atoms with Gasteiger partial charge in [0.25, 0.3) is 0 Å². The van der Waals surface area contributed by atoms with Crippen molar-refractivity contribution in [2.45, 2.75) is 19.9 Å². The van der Waals surface area contributed by atoms with Crippen LogP contribution in [0, 0.1) is 6.92 Å². The molecule has 4 aromatic rings. The number of pyridine rings is 2. The van der Waals surface area contributed by atoms with Gasteiger partial charge >= 0.3 is 0 Å². The number of aromatic nitrogens is 5. The maximum atomic E-state index is 11.9. The van der Waals surface area contributed by atoms with Crippen molar-refractivity contribution in [3.8, 4) is 11.4 Å². The molecule has 0 amide bonds. The molecule has 4 aromatic heterocycles. The van der Waals surface area contributed by atoms with Crippen LogP contribution in [0.25, 0.3) is 21.7 Å². The van der Waals surface area contributed by atoms with E-state index in [0.717, 1.165) is 33.1 Å². The molecule has 0 saturated carbocycles. The van der Waals surface area contributed by atoms with Crippen LogP contribution in [0.1, 0.15) is 12.6 Å². The Morgan fingerprint density at radius 3 is 2.73 bits per heavy atom. The zero-order valence-corrected chi connectivity index (χ0v) is 20.1. The minimum absolute atomic E-state index is 0.0551. The third-order valence-electron chi connectivity index (χ3n) is 5.59. The maximum absolute atomic E-state index is 11.9. The number of sulfonamides is 1. The summed E-state index contributed by atoms with van der Waals surface area (Å²) in [5.41, 5.74) is 4.38. The highest BCUT2D eigenvalue weighted by molar-refractivity contribution is 7.88. The molecule has 1 aliphatic heterocycles. The second kappa shape index (κ2) is 8.36. The van der Waals surface area contributed by atoms with Gasteiger partial charge in [-0.25, -0.2) is 23.4 Å². The lowest BCUT2D eigenvalue weighted by Crippen LogP contribution is -2.53. The van der Waals surface area contributed by atoms with Crippen molar-refractivity contribution in [3.63, 3.8) is 0 Å². The molecule has 172 valence electrons. The van der Waals surface area contributed by atoms with Crippen LogP contribution < -0.4 is 10.2 Å². The van der Waals surface area contributed by atoms with Gasteiger partial charge in [-0.1, -0.05) is 11.3 Å². The Labute approximate surface area is 195 Å². The number of piperazine rings is 1. The number of thiazole rings is 1. The number of anilines is 3. The van der Waals surface area contributed by atoms with Gasteiger partial charge in [-0.15, -0.1) is 0 Å². The van der Waals surface area contributed by atoms with E-state index in [1.54, 1.807) is 6.20 Å². The Kier molecular flexibility index (Phi) is 5.51. The second-order valence-electron chi connectivity index (χ2n) is 8.16. The fraction of sp³-hybridized carbons (Fsp3) is 0.333. The number of aryl methyl sites for hydroxylation is 1. The predicted octanol–water partition coefficient (Wildman–Crippen LogP) is 3.00. The summed E-state index contributed by atoms with van der Waals surface area (Å²) >= 11 is 1.45. The van der Waals surface area contributed by atoms with Gasteiger partial charge in [-0.3, -0.25) is 5.10 Å². The Morgan fingerprint density at radius 2 is 2.00 bits per heavy atom. The van der Waals surface area contributed by atoms with E-state index in [-0.39, 0.29) is 6.04 Å². The average Bonchev–Trinajstić information content (AvgIpc) is 3.38. The normalized spacial score (nSPS) is 17.5. The van der Waals surface area contributed by atoms with Crippen molar-refractivity contribution >= 4 is 48.3 Å². The number of hydrogen-bond donors (Lipinski definition) is 2. The summed E-state index contributed by atoms with van der Waals surface area (Å²) in [6.45, 7) is 5.54. The van der Waals surface area contributed by atoms with E-state index in [1.165, 1.54) is 21.9 Å². The highest BCUT2D eigenvalue weighted by Gasteiger charge is 2.29. The van der Waals surface area contributed by atoms with Crippen LogP contribution in [0.15, 0.2) is 36.5 Å². The molecule has 0 aromatic carbocycles. The predicted molar refractivity (Wildman–Crippen MR) is 130 cm³/mol. The van der Waals surface area contributed by atoms with Gasteiger partial charge < -0.3 is 10.2 Å². The molecule has 10 nitrogen and oxygen atoms in total. The van der Waals surface area contributed by atoms with Gasteiger partial charge in [0.05, 0.1) is 11.9 Å². The van der Waals surface area contributed by atoms with Crippen LogP contribution in [0.2, 0.25) is 0 Å². The molecular weight excluding hydrogens is 460 g/mol. The van der Waals surface area contributed by atoms with E-state index in [4.69, 9.17) is 4.98 Å². The van der Waals surface area contributed by atoms with Crippen molar-refractivity contribution in [2.75, 3.05) is 36.1 Å². The molecule has 12 heteroatoms. The van der Waals surface area contributed by atoms with Crippen LogP contribution >= 0.6 is 11.3 Å². The first-order chi connectivity index (χ1) is 15.8. The first-order valence-corrected chi connectivity index (χ1v) is 13.2. The first kappa shape index (κ1) is 21.7. The zero-order chi connectivity index (χ0) is 23.2. The Morgan fingerprint density at radius 1 is 1.15 bits per heavy atom. The molecule has 5 rings (SSSR count). The first-order valence-electron chi connectivity index (χ1n) is 10.5. The van der Waals surface area contributed by atoms with Crippen LogP contribution in [0.4, 0.5) is 16.6 Å². The van der Waals surface area contributed by atoms with Crippen molar-refractivity contribution in [3.05, 3.63) is 42.2 Å². The largest absolute Gasteiger partial charge is 0.366 e. The van der Waals surface area contributed by atoms with Gasteiger partial charge in [-0.2, -0.15) is 9.40 Å². The summed E-state index contributed by atoms with van der Waals surface area (Å²) in [6, 6.07) is 9.77. The van der Waals surface area contributed by atoms with Gasteiger partial charge in [0.15, 0.2) is 5.13 Å². The minimum Gasteiger partial charge on any atom is -0.366 e. The fourth-order valence-corrected chi connectivity index (χ4v) is 5.69.